The lowest BCUT2D eigenvalue weighted by atomic mass is 9.69. The molecule has 20 heavy (non-hydrogen) atoms. The van der Waals surface area contributed by atoms with Gasteiger partial charge in [-0.1, -0.05) is 33.3 Å². The van der Waals surface area contributed by atoms with Crippen LogP contribution in [0.2, 0.25) is 0 Å². The number of hydrogen-bond donors (Lipinski definition) is 1. The SMILES string of the molecule is CCC(C)(C)C1CCC(Nc2ccc(C)c(F)c2)CC1. The van der Waals surface area contributed by atoms with Crippen molar-refractivity contribution >= 4 is 5.69 Å². The van der Waals surface area contributed by atoms with Crippen LogP contribution in [0.5, 0.6) is 0 Å². The molecule has 0 saturated heterocycles. The molecule has 112 valence electrons. The molecule has 1 aromatic rings. The van der Waals surface area contributed by atoms with Crippen molar-refractivity contribution in [2.45, 2.75) is 65.8 Å². The summed E-state index contributed by atoms with van der Waals surface area (Å²) in [6.07, 6.45) is 6.21. The highest BCUT2D eigenvalue weighted by atomic mass is 19.1. The Kier molecular flexibility index (Phi) is 4.72. The van der Waals surface area contributed by atoms with E-state index in [9.17, 15) is 4.39 Å². The quantitative estimate of drug-likeness (QED) is 0.761. The van der Waals surface area contributed by atoms with Crippen molar-refractivity contribution in [3.63, 3.8) is 0 Å². The van der Waals surface area contributed by atoms with Crippen molar-refractivity contribution in [3.05, 3.63) is 29.6 Å². The van der Waals surface area contributed by atoms with Gasteiger partial charge in [0.2, 0.25) is 0 Å². The molecule has 1 saturated carbocycles. The summed E-state index contributed by atoms with van der Waals surface area (Å²) in [5.41, 5.74) is 2.09. The van der Waals surface area contributed by atoms with Gasteiger partial charge in [-0.05, 0) is 61.6 Å². The minimum atomic E-state index is -0.115. The molecule has 0 unspecified atom stereocenters. The van der Waals surface area contributed by atoms with E-state index in [0.29, 0.717) is 17.0 Å². The third kappa shape index (κ3) is 3.53. The van der Waals surface area contributed by atoms with Crippen LogP contribution in [0.4, 0.5) is 10.1 Å². The van der Waals surface area contributed by atoms with E-state index in [1.807, 2.05) is 12.1 Å². The molecule has 0 aliphatic heterocycles. The molecule has 0 spiro atoms. The molecular formula is C18H28FN. The van der Waals surface area contributed by atoms with E-state index in [-0.39, 0.29) is 5.82 Å². The maximum absolute atomic E-state index is 13.6. The zero-order valence-corrected chi connectivity index (χ0v) is 13.3. The van der Waals surface area contributed by atoms with Crippen molar-refractivity contribution < 1.29 is 4.39 Å². The highest BCUT2D eigenvalue weighted by Gasteiger charge is 2.31. The van der Waals surface area contributed by atoms with Crippen LogP contribution in [0.1, 0.15) is 58.4 Å². The molecule has 0 amide bonds. The van der Waals surface area contributed by atoms with Crippen molar-refractivity contribution in [2.75, 3.05) is 5.32 Å². The molecule has 0 aromatic heterocycles. The van der Waals surface area contributed by atoms with Gasteiger partial charge in [-0.2, -0.15) is 0 Å². The van der Waals surface area contributed by atoms with Gasteiger partial charge in [0.15, 0.2) is 0 Å². The molecule has 1 nitrogen and oxygen atoms in total. The van der Waals surface area contributed by atoms with E-state index < -0.39 is 0 Å². The molecule has 0 bridgehead atoms. The fourth-order valence-corrected chi connectivity index (χ4v) is 3.23. The van der Waals surface area contributed by atoms with Gasteiger partial charge >= 0.3 is 0 Å². The second kappa shape index (κ2) is 6.15. The first-order valence-electron chi connectivity index (χ1n) is 7.95. The summed E-state index contributed by atoms with van der Waals surface area (Å²) in [5, 5.41) is 3.50. The van der Waals surface area contributed by atoms with Crippen molar-refractivity contribution in [3.8, 4) is 0 Å². The highest BCUT2D eigenvalue weighted by molar-refractivity contribution is 5.46. The maximum atomic E-state index is 13.6. The zero-order valence-electron chi connectivity index (χ0n) is 13.3. The highest BCUT2D eigenvalue weighted by Crippen LogP contribution is 2.40. The van der Waals surface area contributed by atoms with E-state index in [1.54, 1.807) is 13.0 Å². The number of aryl methyl sites for hydroxylation is 1. The van der Waals surface area contributed by atoms with Gasteiger partial charge in [-0.15, -0.1) is 0 Å². The fourth-order valence-electron chi connectivity index (χ4n) is 3.23. The molecule has 2 rings (SSSR count). The van der Waals surface area contributed by atoms with E-state index in [4.69, 9.17) is 0 Å². The number of hydrogen-bond acceptors (Lipinski definition) is 1. The van der Waals surface area contributed by atoms with Crippen molar-refractivity contribution in [1.29, 1.82) is 0 Å². The van der Waals surface area contributed by atoms with Crippen LogP contribution in [0, 0.1) is 24.1 Å². The van der Waals surface area contributed by atoms with E-state index in [2.05, 4.69) is 26.1 Å². The maximum Gasteiger partial charge on any atom is 0.128 e. The second-order valence-electron chi connectivity index (χ2n) is 7.00. The van der Waals surface area contributed by atoms with Gasteiger partial charge < -0.3 is 5.32 Å². The lowest BCUT2D eigenvalue weighted by molar-refractivity contribution is 0.147. The van der Waals surface area contributed by atoms with E-state index in [0.717, 1.165) is 11.6 Å². The fraction of sp³-hybridized carbons (Fsp3) is 0.667. The lowest BCUT2D eigenvalue weighted by Gasteiger charge is -2.39. The number of halogens is 1. The van der Waals surface area contributed by atoms with Gasteiger partial charge in [0.25, 0.3) is 0 Å². The van der Waals surface area contributed by atoms with Gasteiger partial charge in [-0.25, -0.2) is 4.39 Å². The summed E-state index contributed by atoms with van der Waals surface area (Å²) < 4.78 is 13.6. The summed E-state index contributed by atoms with van der Waals surface area (Å²) in [5.74, 6) is 0.719. The predicted molar refractivity (Wildman–Crippen MR) is 84.6 cm³/mol. The molecular weight excluding hydrogens is 249 g/mol. The molecule has 1 N–H and O–H groups in total. The Morgan fingerprint density at radius 1 is 1.20 bits per heavy atom. The largest absolute Gasteiger partial charge is 0.382 e. The molecule has 1 aliphatic carbocycles. The minimum absolute atomic E-state index is 0.115. The third-order valence-corrected chi connectivity index (χ3v) is 5.29. The standard InChI is InChI=1S/C18H28FN/c1-5-18(3,4)14-7-10-15(11-8-14)20-16-9-6-13(2)17(19)12-16/h6,9,12,14-15,20H,5,7-8,10-11H2,1-4H3. The smallest absolute Gasteiger partial charge is 0.128 e. The van der Waals surface area contributed by atoms with Crippen LogP contribution >= 0.6 is 0 Å². The Balaban J connectivity index is 1.90. The first kappa shape index (κ1) is 15.3. The molecule has 1 aliphatic rings. The lowest BCUT2D eigenvalue weighted by Crippen LogP contribution is -2.32. The van der Waals surface area contributed by atoms with Gasteiger partial charge in [0.1, 0.15) is 5.82 Å². The molecule has 2 heteroatoms. The Hall–Kier alpha value is -1.05. The summed E-state index contributed by atoms with van der Waals surface area (Å²) in [6.45, 7) is 8.87. The first-order valence-corrected chi connectivity index (χ1v) is 7.95. The molecule has 0 atom stereocenters. The number of benzene rings is 1. The topological polar surface area (TPSA) is 12.0 Å². The summed E-state index contributed by atoms with van der Waals surface area (Å²) in [6, 6.07) is 5.96. The Labute approximate surface area is 123 Å². The van der Waals surface area contributed by atoms with Gasteiger partial charge in [0.05, 0.1) is 0 Å². The minimum Gasteiger partial charge on any atom is -0.382 e. The van der Waals surface area contributed by atoms with Crippen LogP contribution in [0.15, 0.2) is 18.2 Å². The van der Waals surface area contributed by atoms with Gasteiger partial charge in [-0.3, -0.25) is 0 Å². The van der Waals surface area contributed by atoms with Crippen LogP contribution in [-0.2, 0) is 0 Å². The number of nitrogens with one attached hydrogen (secondary N) is 1. The first-order chi connectivity index (χ1) is 9.42. The van der Waals surface area contributed by atoms with Crippen LogP contribution < -0.4 is 5.32 Å². The normalized spacial score (nSPS) is 23.6. The second-order valence-corrected chi connectivity index (χ2v) is 7.00. The van der Waals surface area contributed by atoms with Crippen LogP contribution in [0.3, 0.4) is 0 Å². The van der Waals surface area contributed by atoms with Crippen molar-refractivity contribution in [1.82, 2.24) is 0 Å². The van der Waals surface area contributed by atoms with Crippen LogP contribution in [0.25, 0.3) is 0 Å². The Morgan fingerprint density at radius 3 is 2.40 bits per heavy atom. The molecule has 1 fully saturated rings. The molecule has 0 heterocycles. The van der Waals surface area contributed by atoms with Crippen molar-refractivity contribution in [2.24, 2.45) is 11.3 Å². The van der Waals surface area contributed by atoms with Gasteiger partial charge in [0, 0.05) is 11.7 Å². The summed E-state index contributed by atoms with van der Waals surface area (Å²) in [7, 11) is 0. The summed E-state index contributed by atoms with van der Waals surface area (Å²) in [4.78, 5) is 0. The average Bonchev–Trinajstić information content (AvgIpc) is 2.43. The Morgan fingerprint density at radius 2 is 1.85 bits per heavy atom. The van der Waals surface area contributed by atoms with Crippen LogP contribution in [-0.4, -0.2) is 6.04 Å². The average molecular weight is 277 g/mol. The third-order valence-electron chi connectivity index (χ3n) is 5.29. The zero-order chi connectivity index (χ0) is 14.8. The number of anilines is 1. The predicted octanol–water partition coefficient (Wildman–Crippen LogP) is 5.54. The summed E-state index contributed by atoms with van der Waals surface area (Å²) >= 11 is 0. The molecule has 1 aromatic carbocycles. The number of rotatable bonds is 4. The van der Waals surface area contributed by atoms with E-state index in [1.165, 1.54) is 32.1 Å². The van der Waals surface area contributed by atoms with E-state index >= 15 is 0 Å². The monoisotopic (exact) mass is 277 g/mol. The Bertz CT molecular complexity index is 445. The molecule has 0 radical (unpaired) electrons.